The number of aliphatic hydroxyl groups excluding tert-OH is 5. The van der Waals surface area contributed by atoms with E-state index in [0.29, 0.717) is 12.8 Å². The van der Waals surface area contributed by atoms with Crippen LogP contribution in [0.1, 0.15) is 278 Å². The Hall–Kier alpha value is -2.90. The summed E-state index contributed by atoms with van der Waals surface area (Å²) in [6.45, 7) is 5.73. The fourth-order valence-electron chi connectivity index (χ4n) is 9.69. The number of aliphatic hydroxyl groups is 5. The van der Waals surface area contributed by atoms with Gasteiger partial charge in [-0.2, -0.15) is 0 Å². The third kappa shape index (κ3) is 42.0. The molecule has 1 saturated heterocycles. The third-order valence-corrected chi connectivity index (χ3v) is 14.8. The molecule has 0 saturated carbocycles. The molecule has 0 radical (unpaired) electrons. The minimum absolute atomic E-state index is 0.112. The molecule has 0 aliphatic carbocycles. The molecular formula is C67H119NO10. The Morgan fingerprint density at radius 3 is 1.35 bits per heavy atom. The highest BCUT2D eigenvalue weighted by atomic mass is 16.7. The summed E-state index contributed by atoms with van der Waals surface area (Å²) in [6.07, 6.45) is 59.3. The van der Waals surface area contributed by atoms with Gasteiger partial charge in [-0.25, -0.2) is 0 Å². The number of nitrogens with one attached hydrogen (secondary N) is 1. The summed E-state index contributed by atoms with van der Waals surface area (Å²) >= 11 is 0. The first kappa shape index (κ1) is 73.1. The first-order valence-electron chi connectivity index (χ1n) is 32.2. The fraction of sp³-hybridized carbons (Fsp3) is 0.791. The van der Waals surface area contributed by atoms with Crippen LogP contribution in [0.2, 0.25) is 0 Å². The first-order chi connectivity index (χ1) is 38.2. The van der Waals surface area contributed by atoms with Crippen molar-refractivity contribution in [1.29, 1.82) is 0 Å². The number of ether oxygens (including phenoxy) is 3. The molecule has 6 N–H and O–H groups in total. The highest BCUT2D eigenvalue weighted by Crippen LogP contribution is 2.26. The quantitative estimate of drug-likeness (QED) is 0.0195. The Morgan fingerprint density at radius 1 is 0.500 bits per heavy atom. The molecule has 0 bridgehead atoms. The van der Waals surface area contributed by atoms with Gasteiger partial charge in [0.25, 0.3) is 0 Å². The van der Waals surface area contributed by atoms with Gasteiger partial charge in [-0.15, -0.1) is 0 Å². The largest absolute Gasteiger partial charge is 0.454 e. The molecule has 1 amide bonds. The Balaban J connectivity index is 2.67. The number of rotatable bonds is 54. The van der Waals surface area contributed by atoms with E-state index in [-0.39, 0.29) is 19.4 Å². The van der Waals surface area contributed by atoms with E-state index < -0.39 is 67.4 Å². The lowest BCUT2D eigenvalue weighted by Gasteiger charge is -2.41. The van der Waals surface area contributed by atoms with Gasteiger partial charge in [0.2, 0.25) is 5.91 Å². The van der Waals surface area contributed by atoms with Crippen LogP contribution in [0.15, 0.2) is 72.9 Å². The summed E-state index contributed by atoms with van der Waals surface area (Å²) in [5, 5.41) is 57.0. The summed E-state index contributed by atoms with van der Waals surface area (Å²) < 4.78 is 17.6. The topological polar surface area (TPSA) is 175 Å². The Bertz CT molecular complexity index is 1540. The molecule has 78 heavy (non-hydrogen) atoms. The average molecular weight is 1100 g/mol. The second kappa shape index (κ2) is 54.7. The lowest BCUT2D eigenvalue weighted by Crippen LogP contribution is -2.61. The van der Waals surface area contributed by atoms with Crippen molar-refractivity contribution in [2.24, 2.45) is 0 Å². The average Bonchev–Trinajstić information content (AvgIpc) is 3.44. The van der Waals surface area contributed by atoms with E-state index in [2.05, 4.69) is 86.8 Å². The molecule has 11 heteroatoms. The molecule has 0 aromatic rings. The van der Waals surface area contributed by atoms with Crippen LogP contribution < -0.4 is 5.32 Å². The van der Waals surface area contributed by atoms with Crippen LogP contribution in [0.3, 0.4) is 0 Å². The van der Waals surface area contributed by atoms with Crippen LogP contribution in [-0.2, 0) is 23.8 Å². The molecule has 1 rings (SSSR count). The molecule has 1 fully saturated rings. The van der Waals surface area contributed by atoms with Crippen LogP contribution in [0.25, 0.3) is 0 Å². The van der Waals surface area contributed by atoms with Crippen LogP contribution in [0.4, 0.5) is 0 Å². The van der Waals surface area contributed by atoms with Crippen molar-refractivity contribution in [3.05, 3.63) is 72.9 Å². The van der Waals surface area contributed by atoms with Gasteiger partial charge in [0.05, 0.1) is 25.4 Å². The second-order valence-electron chi connectivity index (χ2n) is 22.1. The maximum Gasteiger partial charge on any atom is 0.306 e. The molecule has 0 aromatic heterocycles. The van der Waals surface area contributed by atoms with E-state index >= 15 is 0 Å². The molecule has 1 heterocycles. The number of hydrogen-bond donors (Lipinski definition) is 6. The van der Waals surface area contributed by atoms with Crippen molar-refractivity contribution >= 4 is 11.9 Å². The molecule has 8 unspecified atom stereocenters. The van der Waals surface area contributed by atoms with Crippen LogP contribution >= 0.6 is 0 Å². The summed E-state index contributed by atoms with van der Waals surface area (Å²) in [7, 11) is 0. The van der Waals surface area contributed by atoms with Crippen LogP contribution in [0.5, 0.6) is 0 Å². The van der Waals surface area contributed by atoms with Crippen LogP contribution in [-0.4, -0.2) is 99.6 Å². The molecule has 1 aliphatic rings. The number of carbonyl (C=O) groups excluding carboxylic acids is 2. The van der Waals surface area contributed by atoms with Gasteiger partial charge in [0.1, 0.15) is 24.4 Å². The minimum Gasteiger partial charge on any atom is -0.454 e. The van der Waals surface area contributed by atoms with Crippen molar-refractivity contribution in [2.75, 3.05) is 13.2 Å². The standard InChI is InChI=1S/C67H119NO10/c1-4-7-10-13-16-19-22-25-27-29-30-31-33-34-36-39-42-45-48-51-54-60(71)66(75)68-58(59(70)53-50-47-44-41-38-24-21-18-15-12-9-6-3)57-76-67-65(64(74)63(73)61(56-69)77-67)78-62(72)55-52-49-46-43-40-37-35-32-28-26-23-20-17-14-11-8-5-2/h16-17,19-20,25-28,30-31,50,53,58-61,63-65,67,69-71,73-74H,4-15,18,21-24,29,32-49,51-52,54-57H2,1-3H3,(H,68,75)/b19-16-,20-17-,27-25-,28-26-,31-30-,53-50+. The van der Waals surface area contributed by atoms with Crippen molar-refractivity contribution in [2.45, 2.75) is 327 Å². The maximum atomic E-state index is 13.4. The van der Waals surface area contributed by atoms with Gasteiger partial charge in [-0.1, -0.05) is 248 Å². The van der Waals surface area contributed by atoms with Crippen molar-refractivity contribution in [1.82, 2.24) is 5.32 Å². The van der Waals surface area contributed by atoms with Crippen molar-refractivity contribution in [3.8, 4) is 0 Å². The van der Waals surface area contributed by atoms with Crippen molar-refractivity contribution < 1.29 is 49.3 Å². The molecule has 11 nitrogen and oxygen atoms in total. The number of unbranched alkanes of at least 4 members (excludes halogenated alkanes) is 30. The maximum absolute atomic E-state index is 13.4. The van der Waals surface area contributed by atoms with E-state index in [1.165, 1.54) is 128 Å². The van der Waals surface area contributed by atoms with Gasteiger partial charge < -0.3 is 45.1 Å². The van der Waals surface area contributed by atoms with Gasteiger partial charge >= 0.3 is 5.97 Å². The fourth-order valence-corrected chi connectivity index (χ4v) is 9.69. The molecule has 0 aromatic carbocycles. The predicted octanol–water partition coefficient (Wildman–Crippen LogP) is 15.6. The number of carbonyl (C=O) groups is 2. The third-order valence-electron chi connectivity index (χ3n) is 14.8. The summed E-state index contributed by atoms with van der Waals surface area (Å²) in [5.41, 5.74) is 0. The summed E-state index contributed by atoms with van der Waals surface area (Å²) in [4.78, 5) is 26.6. The number of esters is 1. The zero-order valence-corrected chi connectivity index (χ0v) is 50.0. The second-order valence-corrected chi connectivity index (χ2v) is 22.1. The van der Waals surface area contributed by atoms with Crippen molar-refractivity contribution in [3.63, 3.8) is 0 Å². The van der Waals surface area contributed by atoms with E-state index in [4.69, 9.17) is 14.2 Å². The number of amides is 1. The van der Waals surface area contributed by atoms with Gasteiger partial charge in [-0.3, -0.25) is 9.59 Å². The number of hydrogen-bond acceptors (Lipinski definition) is 10. The predicted molar refractivity (Wildman–Crippen MR) is 324 cm³/mol. The van der Waals surface area contributed by atoms with Gasteiger partial charge in [0.15, 0.2) is 12.4 Å². The normalized spacial score (nSPS) is 19.4. The van der Waals surface area contributed by atoms with E-state index in [1.54, 1.807) is 6.08 Å². The zero-order valence-electron chi connectivity index (χ0n) is 50.0. The van der Waals surface area contributed by atoms with E-state index in [9.17, 15) is 35.1 Å². The Labute approximate surface area is 477 Å². The van der Waals surface area contributed by atoms with Crippen LogP contribution in [0, 0.1) is 0 Å². The molecule has 8 atom stereocenters. The van der Waals surface area contributed by atoms with E-state index in [0.717, 1.165) is 103 Å². The SMILES string of the molecule is CCCCC/C=C\C/C=C\C/C=C\CCCCCCCCCC(O)C(=O)NC(COC1OC(CO)C(O)C(O)C1OC(=O)CCCCCCCCC/C=C\C/C=C\CCCCC)C(O)/C=C/CCCCCCCCCCCC. The van der Waals surface area contributed by atoms with E-state index in [1.807, 2.05) is 6.08 Å². The first-order valence-corrected chi connectivity index (χ1v) is 32.2. The smallest absolute Gasteiger partial charge is 0.306 e. The zero-order chi connectivity index (χ0) is 56.8. The highest BCUT2D eigenvalue weighted by molar-refractivity contribution is 5.80. The highest BCUT2D eigenvalue weighted by Gasteiger charge is 2.47. The summed E-state index contributed by atoms with van der Waals surface area (Å²) in [5.74, 6) is -1.21. The minimum atomic E-state index is -1.62. The summed E-state index contributed by atoms with van der Waals surface area (Å²) in [6, 6.07) is -1.03. The van der Waals surface area contributed by atoms with Gasteiger partial charge in [-0.05, 0) is 96.3 Å². The monoisotopic (exact) mass is 1100 g/mol. The number of allylic oxidation sites excluding steroid dienone is 11. The Kier molecular flexibility index (Phi) is 51.3. The molecule has 452 valence electrons. The molecule has 0 spiro atoms. The Morgan fingerprint density at radius 2 is 0.885 bits per heavy atom. The lowest BCUT2D eigenvalue weighted by atomic mass is 9.99. The lowest BCUT2D eigenvalue weighted by molar-refractivity contribution is -0.305. The molecular weight excluding hydrogens is 979 g/mol. The molecule has 1 aliphatic heterocycles. The van der Waals surface area contributed by atoms with Gasteiger partial charge in [0, 0.05) is 6.42 Å².